The lowest BCUT2D eigenvalue weighted by molar-refractivity contribution is 0.174. The van der Waals surface area contributed by atoms with Gasteiger partial charge in [0.1, 0.15) is 0 Å². The van der Waals surface area contributed by atoms with Gasteiger partial charge in [0.05, 0.1) is 4.90 Å². The number of ether oxygens (including phenoxy) is 2. The Morgan fingerprint density at radius 2 is 1.77 bits per heavy atom. The maximum atomic E-state index is 13.0. The standard InChI is InChI=1S/C17H16N4O4S/c1-11(2)12-3-6-14(7-4-12)26(22,23)21-17(18-19-20-21)13-5-8-15-16(9-13)25-10-24-15/h3-9,11H,10H2,1-2H3. The summed E-state index contributed by atoms with van der Waals surface area (Å²) in [5.41, 5.74) is 1.57. The van der Waals surface area contributed by atoms with E-state index in [1.54, 1.807) is 42.5 Å². The van der Waals surface area contributed by atoms with Crippen LogP contribution in [0.2, 0.25) is 0 Å². The third kappa shape index (κ3) is 2.70. The molecule has 26 heavy (non-hydrogen) atoms. The van der Waals surface area contributed by atoms with E-state index in [2.05, 4.69) is 15.5 Å². The summed E-state index contributed by atoms with van der Waals surface area (Å²) in [6, 6.07) is 11.8. The normalized spacial score (nSPS) is 13.3. The lowest BCUT2D eigenvalue weighted by atomic mass is 10.0. The molecule has 2 aromatic carbocycles. The average Bonchev–Trinajstić information content (AvgIpc) is 3.30. The second kappa shape index (κ2) is 6.10. The third-order valence-electron chi connectivity index (χ3n) is 4.14. The molecule has 0 fully saturated rings. The highest BCUT2D eigenvalue weighted by atomic mass is 32.2. The van der Waals surface area contributed by atoms with Crippen LogP contribution in [0.4, 0.5) is 0 Å². The molecule has 0 saturated carbocycles. The number of nitrogens with zero attached hydrogens (tertiary/aromatic N) is 4. The Morgan fingerprint density at radius 3 is 2.50 bits per heavy atom. The molecule has 0 amide bonds. The lowest BCUT2D eigenvalue weighted by Crippen LogP contribution is -2.16. The molecular formula is C17H16N4O4S. The molecule has 0 unspecified atom stereocenters. The molecule has 8 nitrogen and oxygen atoms in total. The number of fused-ring (bicyclic) bond motifs is 1. The lowest BCUT2D eigenvalue weighted by Gasteiger charge is -2.09. The molecule has 3 aromatic rings. The highest BCUT2D eigenvalue weighted by Gasteiger charge is 2.25. The Labute approximate surface area is 150 Å². The monoisotopic (exact) mass is 372 g/mol. The van der Waals surface area contributed by atoms with Gasteiger partial charge in [0.15, 0.2) is 17.3 Å². The third-order valence-corrected chi connectivity index (χ3v) is 5.71. The van der Waals surface area contributed by atoms with E-state index < -0.39 is 10.0 Å². The van der Waals surface area contributed by atoms with Gasteiger partial charge in [-0.25, -0.2) is 0 Å². The summed E-state index contributed by atoms with van der Waals surface area (Å²) in [6.45, 7) is 4.22. The van der Waals surface area contributed by atoms with Crippen molar-refractivity contribution in [2.45, 2.75) is 24.7 Å². The van der Waals surface area contributed by atoms with Crippen LogP contribution in [0.5, 0.6) is 11.5 Å². The molecule has 2 heterocycles. The minimum atomic E-state index is -3.92. The van der Waals surface area contributed by atoms with Crippen molar-refractivity contribution in [1.82, 2.24) is 19.6 Å². The Balaban J connectivity index is 1.76. The van der Waals surface area contributed by atoms with Crippen LogP contribution in [0.1, 0.15) is 25.3 Å². The zero-order chi connectivity index (χ0) is 18.3. The molecule has 0 saturated heterocycles. The summed E-state index contributed by atoms with van der Waals surface area (Å²) in [7, 11) is -3.92. The average molecular weight is 372 g/mol. The molecule has 1 aliphatic heterocycles. The van der Waals surface area contributed by atoms with Gasteiger partial charge >= 0.3 is 0 Å². The summed E-state index contributed by atoms with van der Waals surface area (Å²) in [5.74, 6) is 1.54. The summed E-state index contributed by atoms with van der Waals surface area (Å²) < 4.78 is 37.4. The molecule has 0 atom stereocenters. The van der Waals surface area contributed by atoms with Crippen LogP contribution >= 0.6 is 0 Å². The number of benzene rings is 2. The molecule has 0 N–H and O–H groups in total. The summed E-state index contributed by atoms with van der Waals surface area (Å²) in [5, 5.41) is 11.1. The fourth-order valence-electron chi connectivity index (χ4n) is 2.67. The van der Waals surface area contributed by atoms with E-state index in [9.17, 15) is 8.42 Å². The van der Waals surface area contributed by atoms with Crippen LogP contribution < -0.4 is 9.47 Å². The maximum Gasteiger partial charge on any atom is 0.286 e. The van der Waals surface area contributed by atoms with Crippen molar-refractivity contribution in [3.8, 4) is 22.9 Å². The number of hydrogen-bond acceptors (Lipinski definition) is 7. The summed E-state index contributed by atoms with van der Waals surface area (Å²) in [6.07, 6.45) is 0. The molecule has 0 bridgehead atoms. The van der Waals surface area contributed by atoms with E-state index >= 15 is 0 Å². The first kappa shape index (κ1) is 16.5. The smallest absolute Gasteiger partial charge is 0.286 e. The number of hydrogen-bond donors (Lipinski definition) is 0. The van der Waals surface area contributed by atoms with E-state index in [1.165, 1.54) is 0 Å². The van der Waals surface area contributed by atoms with Crippen LogP contribution in [-0.2, 0) is 10.0 Å². The van der Waals surface area contributed by atoms with E-state index in [0.29, 0.717) is 23.0 Å². The van der Waals surface area contributed by atoms with Crippen molar-refractivity contribution in [2.75, 3.05) is 6.79 Å². The Morgan fingerprint density at radius 1 is 1.04 bits per heavy atom. The fraction of sp³-hybridized carbons (Fsp3) is 0.235. The Bertz CT molecular complexity index is 1060. The van der Waals surface area contributed by atoms with Crippen LogP contribution in [0, 0.1) is 0 Å². The SMILES string of the molecule is CC(C)c1ccc(S(=O)(=O)n2nnnc2-c2ccc3c(c2)OCO3)cc1. The van der Waals surface area contributed by atoms with Gasteiger partial charge in [0.2, 0.25) is 6.79 Å². The van der Waals surface area contributed by atoms with E-state index in [0.717, 1.165) is 9.65 Å². The quantitative estimate of drug-likeness (QED) is 0.694. The number of rotatable bonds is 4. The van der Waals surface area contributed by atoms with Gasteiger partial charge in [-0.15, -0.1) is 9.19 Å². The predicted octanol–water partition coefficient (Wildman–Crippen LogP) is 2.43. The molecule has 9 heteroatoms. The summed E-state index contributed by atoms with van der Waals surface area (Å²) in [4.78, 5) is 0.121. The molecule has 4 rings (SSSR count). The largest absolute Gasteiger partial charge is 0.454 e. The first-order valence-corrected chi connectivity index (χ1v) is 9.45. The maximum absolute atomic E-state index is 13.0. The predicted molar refractivity (Wildman–Crippen MR) is 92.5 cm³/mol. The van der Waals surface area contributed by atoms with E-state index in [1.807, 2.05) is 13.8 Å². The van der Waals surface area contributed by atoms with Gasteiger partial charge in [-0.2, -0.15) is 8.42 Å². The van der Waals surface area contributed by atoms with Crippen LogP contribution in [0.3, 0.4) is 0 Å². The van der Waals surface area contributed by atoms with Gasteiger partial charge in [-0.05, 0) is 52.2 Å². The first-order chi connectivity index (χ1) is 12.5. The van der Waals surface area contributed by atoms with Gasteiger partial charge in [0.25, 0.3) is 10.0 Å². The van der Waals surface area contributed by atoms with Crippen molar-refractivity contribution in [3.05, 3.63) is 48.0 Å². The Hall–Kier alpha value is -2.94. The van der Waals surface area contributed by atoms with Crippen LogP contribution in [-0.4, -0.2) is 34.8 Å². The molecule has 0 aliphatic carbocycles. The zero-order valence-corrected chi connectivity index (χ0v) is 15.0. The molecule has 1 aliphatic rings. The fourth-order valence-corrected chi connectivity index (χ4v) is 3.85. The molecule has 0 spiro atoms. The van der Waals surface area contributed by atoms with Gasteiger partial charge in [0, 0.05) is 5.56 Å². The van der Waals surface area contributed by atoms with Gasteiger partial charge in [-0.1, -0.05) is 26.0 Å². The molecule has 1 aromatic heterocycles. The summed E-state index contributed by atoms with van der Waals surface area (Å²) >= 11 is 0. The van der Waals surface area contributed by atoms with E-state index in [4.69, 9.17) is 9.47 Å². The zero-order valence-electron chi connectivity index (χ0n) is 14.2. The van der Waals surface area contributed by atoms with Crippen molar-refractivity contribution in [3.63, 3.8) is 0 Å². The van der Waals surface area contributed by atoms with Crippen molar-refractivity contribution in [1.29, 1.82) is 0 Å². The number of aromatic nitrogens is 4. The van der Waals surface area contributed by atoms with Gasteiger partial charge in [-0.3, -0.25) is 0 Å². The van der Waals surface area contributed by atoms with Crippen molar-refractivity contribution < 1.29 is 17.9 Å². The Kier molecular flexibility index (Phi) is 3.87. The highest BCUT2D eigenvalue weighted by molar-refractivity contribution is 7.90. The molecular weight excluding hydrogens is 356 g/mol. The molecule has 0 radical (unpaired) electrons. The second-order valence-electron chi connectivity index (χ2n) is 6.14. The minimum Gasteiger partial charge on any atom is -0.454 e. The van der Waals surface area contributed by atoms with Gasteiger partial charge < -0.3 is 9.47 Å². The van der Waals surface area contributed by atoms with E-state index in [-0.39, 0.29) is 17.5 Å². The van der Waals surface area contributed by atoms with Crippen molar-refractivity contribution >= 4 is 10.0 Å². The minimum absolute atomic E-state index is 0.108. The number of tetrazole rings is 1. The highest BCUT2D eigenvalue weighted by Crippen LogP contribution is 2.35. The first-order valence-electron chi connectivity index (χ1n) is 8.01. The van der Waals surface area contributed by atoms with Crippen molar-refractivity contribution in [2.24, 2.45) is 0 Å². The van der Waals surface area contributed by atoms with Crippen LogP contribution in [0.25, 0.3) is 11.4 Å². The topological polar surface area (TPSA) is 96.2 Å². The van der Waals surface area contributed by atoms with Crippen LogP contribution in [0.15, 0.2) is 47.4 Å². The molecule has 134 valence electrons. The second-order valence-corrected chi connectivity index (χ2v) is 7.91.